The summed E-state index contributed by atoms with van der Waals surface area (Å²) in [5.74, 6) is 0.0632. The molecule has 1 heterocycles. The summed E-state index contributed by atoms with van der Waals surface area (Å²) in [4.78, 5) is 46.1. The molecule has 9 heteroatoms. The van der Waals surface area contributed by atoms with Crippen molar-refractivity contribution < 1.29 is 38.8 Å². The van der Waals surface area contributed by atoms with Crippen LogP contribution in [0.1, 0.15) is 125 Å². The van der Waals surface area contributed by atoms with Crippen LogP contribution in [0.5, 0.6) is 11.5 Å². The Bertz CT molecular complexity index is 2440. The summed E-state index contributed by atoms with van der Waals surface area (Å²) >= 11 is 0. The molecule has 4 aromatic rings. The highest BCUT2D eigenvalue weighted by Gasteiger charge is 2.76. The molecule has 5 aliphatic rings. The van der Waals surface area contributed by atoms with Crippen LogP contribution in [-0.4, -0.2) is 70.8 Å². The zero-order chi connectivity index (χ0) is 45.0. The molecule has 3 fully saturated rings. The molecule has 6 atom stereocenters. The molecular weight excluding hydrogens is 791 g/mol. The fourth-order valence-electron chi connectivity index (χ4n) is 11.6. The van der Waals surface area contributed by atoms with Gasteiger partial charge in [-0.2, -0.15) is 0 Å². The number of fused-ring (bicyclic) bond motifs is 10. The maximum atomic E-state index is 15.5. The van der Waals surface area contributed by atoms with E-state index in [2.05, 4.69) is 19.9 Å². The van der Waals surface area contributed by atoms with Gasteiger partial charge in [0.25, 0.3) is 5.91 Å². The highest BCUT2D eigenvalue weighted by molar-refractivity contribution is 6.14. The molecule has 2 N–H and O–H groups in total. The highest BCUT2D eigenvalue weighted by atomic mass is 16.6. The number of ether oxygens (including phenoxy) is 3. The van der Waals surface area contributed by atoms with E-state index in [0.29, 0.717) is 74.0 Å². The Kier molecular flexibility index (Phi) is 11.8. The van der Waals surface area contributed by atoms with Crippen molar-refractivity contribution in [2.24, 2.45) is 16.2 Å². The maximum absolute atomic E-state index is 15.5. The molecule has 9 nitrogen and oxygen atoms in total. The van der Waals surface area contributed by atoms with Crippen molar-refractivity contribution in [2.75, 3.05) is 20.8 Å². The van der Waals surface area contributed by atoms with Gasteiger partial charge < -0.3 is 29.3 Å². The van der Waals surface area contributed by atoms with Gasteiger partial charge >= 0.3 is 5.97 Å². The molecule has 2 saturated carbocycles. The van der Waals surface area contributed by atoms with Gasteiger partial charge in [0.2, 0.25) is 0 Å². The van der Waals surface area contributed by atoms with Gasteiger partial charge in [-0.25, -0.2) is 0 Å². The van der Waals surface area contributed by atoms with Crippen LogP contribution in [0.3, 0.4) is 0 Å². The molecular formula is C54H63NO8. The fraction of sp³-hybridized carbons (Fsp3) is 0.463. The van der Waals surface area contributed by atoms with E-state index in [4.69, 9.17) is 14.2 Å². The van der Waals surface area contributed by atoms with Crippen LogP contribution in [0, 0.1) is 16.2 Å². The smallest absolute Gasteiger partial charge is 0.313 e. The lowest BCUT2D eigenvalue weighted by Crippen LogP contribution is -2.60. The van der Waals surface area contributed by atoms with E-state index in [-0.39, 0.29) is 36.7 Å². The number of nitrogens with zero attached hydrogens (tertiary/aromatic N) is 1. The Morgan fingerprint density at radius 2 is 1.59 bits per heavy atom. The average Bonchev–Trinajstić information content (AvgIpc) is 3.72. The molecule has 0 aromatic heterocycles. The SMILES string of the molecule is COc1ccc(CN(C[C@]2(O)CC[C@H]3c4ccc(cc4C(=O)c4ccccc4-c4ccccc4)C[C@@H](O)CCC(C)=CCC[C@@]32C)C(=O)[C@@]23CC[C@@](C)(C(=O)O2)C3(C)C)c(OC)c1. The Balaban J connectivity index is 1.25. The quantitative estimate of drug-likeness (QED) is 0.0919. The van der Waals surface area contributed by atoms with Gasteiger partial charge in [-0.3, -0.25) is 14.4 Å². The number of hydrogen-bond acceptors (Lipinski definition) is 8. The van der Waals surface area contributed by atoms with Crippen LogP contribution in [0.4, 0.5) is 0 Å². The van der Waals surface area contributed by atoms with Gasteiger partial charge in [-0.05, 0) is 118 Å². The van der Waals surface area contributed by atoms with Crippen molar-refractivity contribution in [3.05, 3.63) is 130 Å². The molecule has 0 radical (unpaired) electrons. The minimum absolute atomic E-state index is 0.0345. The van der Waals surface area contributed by atoms with E-state index < -0.39 is 33.6 Å². The Morgan fingerprint density at radius 1 is 0.841 bits per heavy atom. The lowest BCUT2D eigenvalue weighted by atomic mass is 9.64. The van der Waals surface area contributed by atoms with Crippen LogP contribution < -0.4 is 9.47 Å². The number of benzene rings is 4. The Hall–Kier alpha value is -5.25. The second-order valence-electron chi connectivity index (χ2n) is 19.7. The first kappa shape index (κ1) is 44.4. The first-order valence-corrected chi connectivity index (χ1v) is 22.6. The monoisotopic (exact) mass is 853 g/mol. The predicted octanol–water partition coefficient (Wildman–Crippen LogP) is 9.79. The number of methoxy groups -OCH3 is 2. The number of carbonyl (C=O) groups is 3. The van der Waals surface area contributed by atoms with E-state index in [1.165, 1.54) is 5.57 Å². The number of hydrogen-bond donors (Lipinski definition) is 2. The van der Waals surface area contributed by atoms with Crippen molar-refractivity contribution in [2.45, 2.75) is 122 Å². The summed E-state index contributed by atoms with van der Waals surface area (Å²) < 4.78 is 17.6. The molecule has 1 aliphatic heterocycles. The summed E-state index contributed by atoms with van der Waals surface area (Å²) in [6, 6.07) is 29.2. The van der Waals surface area contributed by atoms with Gasteiger partial charge in [0.05, 0.1) is 37.9 Å². The third-order valence-electron chi connectivity index (χ3n) is 16.2. The van der Waals surface area contributed by atoms with Crippen LogP contribution in [-0.2, 0) is 27.3 Å². The van der Waals surface area contributed by atoms with Crippen LogP contribution in [0.2, 0.25) is 0 Å². The van der Waals surface area contributed by atoms with E-state index in [9.17, 15) is 15.0 Å². The topological polar surface area (TPSA) is 123 Å². The predicted molar refractivity (Wildman–Crippen MR) is 244 cm³/mol. The Morgan fingerprint density at radius 3 is 2.29 bits per heavy atom. The summed E-state index contributed by atoms with van der Waals surface area (Å²) in [5.41, 5.74) is 1.22. The third kappa shape index (κ3) is 7.39. The van der Waals surface area contributed by atoms with Crippen LogP contribution in [0.15, 0.2) is 103 Å². The van der Waals surface area contributed by atoms with E-state index >= 15 is 9.59 Å². The summed E-state index contributed by atoms with van der Waals surface area (Å²) in [6.45, 7) is 10.1. The van der Waals surface area contributed by atoms with Gasteiger partial charge in [0.15, 0.2) is 11.4 Å². The summed E-state index contributed by atoms with van der Waals surface area (Å²) in [7, 11) is 3.17. The molecule has 1 saturated heterocycles. The van der Waals surface area contributed by atoms with E-state index in [1.807, 2.05) is 106 Å². The molecule has 4 aliphatic carbocycles. The van der Waals surface area contributed by atoms with Gasteiger partial charge in [-0.1, -0.05) is 99.2 Å². The molecule has 9 rings (SSSR count). The lowest BCUT2D eigenvalue weighted by molar-refractivity contribution is -0.178. The van der Waals surface area contributed by atoms with Gasteiger partial charge in [-0.15, -0.1) is 0 Å². The number of aliphatic hydroxyl groups excluding tert-OH is 1. The number of carbonyl (C=O) groups excluding carboxylic acids is 3. The average molecular weight is 854 g/mol. The van der Waals surface area contributed by atoms with Crippen molar-refractivity contribution in [1.29, 1.82) is 0 Å². The molecule has 332 valence electrons. The second kappa shape index (κ2) is 16.7. The number of aliphatic hydroxyl groups is 2. The molecule has 0 unspecified atom stereocenters. The molecule has 0 spiro atoms. The fourth-order valence-corrected chi connectivity index (χ4v) is 11.6. The Labute approximate surface area is 372 Å². The van der Waals surface area contributed by atoms with Crippen LogP contribution in [0.25, 0.3) is 11.1 Å². The van der Waals surface area contributed by atoms with Gasteiger partial charge in [0.1, 0.15) is 11.5 Å². The van der Waals surface area contributed by atoms with Crippen molar-refractivity contribution in [1.82, 2.24) is 4.90 Å². The highest BCUT2D eigenvalue weighted by Crippen LogP contribution is 2.66. The minimum atomic E-state index is -1.44. The van der Waals surface area contributed by atoms with Crippen LogP contribution >= 0.6 is 0 Å². The van der Waals surface area contributed by atoms with Gasteiger partial charge in [0, 0.05) is 40.1 Å². The minimum Gasteiger partial charge on any atom is -0.497 e. The molecule has 63 heavy (non-hydrogen) atoms. The standard InChI is InChI=1S/C54H63NO8/c1-35-14-13-26-51(4)45(42-24-20-36(30-39(56)22-19-35)31-44(42)47(57)43-18-12-11-17-41(43)37-15-9-8-10-16-37)25-27-53(51,60)34-55(33-38-21-23-40(61-6)32-46(38)62-7)48(58)54-29-28-52(5,49(59)63-54)50(54,2)3/h8-12,14-18,20-21,23-24,31-32,39,45,56,60H,13,19,22,25-30,33-34H2,1-7H3/t39-,45-,51-,52-,53+,54+/m0/s1. The zero-order valence-electron chi connectivity index (χ0n) is 38.0. The van der Waals surface area contributed by atoms with Crippen molar-refractivity contribution in [3.63, 3.8) is 0 Å². The largest absolute Gasteiger partial charge is 0.497 e. The summed E-state index contributed by atoms with van der Waals surface area (Å²) in [6.07, 6.45) is 6.43. The van der Waals surface area contributed by atoms with Crippen molar-refractivity contribution in [3.8, 4) is 22.6 Å². The molecule has 4 aromatic carbocycles. The zero-order valence-corrected chi connectivity index (χ0v) is 38.0. The second-order valence-corrected chi connectivity index (χ2v) is 19.7. The summed E-state index contributed by atoms with van der Waals surface area (Å²) in [5, 5.41) is 24.8. The first-order chi connectivity index (χ1) is 30.0. The third-order valence-corrected chi connectivity index (χ3v) is 16.2. The number of amides is 1. The lowest BCUT2D eigenvalue weighted by Gasteiger charge is -2.47. The van der Waals surface area contributed by atoms with E-state index in [1.54, 1.807) is 25.2 Å². The van der Waals surface area contributed by atoms with E-state index in [0.717, 1.165) is 34.2 Å². The number of allylic oxidation sites excluding steroid dienone is 2. The maximum Gasteiger partial charge on any atom is 0.313 e. The molecule has 4 bridgehead atoms. The number of ketones is 1. The number of esters is 1. The normalized spacial score (nSPS) is 28.7. The first-order valence-electron chi connectivity index (χ1n) is 22.6. The number of rotatable bonds is 10. The molecule has 1 amide bonds. The van der Waals surface area contributed by atoms with Crippen molar-refractivity contribution >= 4 is 17.7 Å².